The standard InChI is InChI=1S/C27H15F14NO3/c1-11-7-13(24(32,26(36,37)38)27(39,40)41)9-20(45-23(30)31)15(11)10-19(43)14-3-2-4-18(21(14)29)42-22(44)16-8-12(25(33,34)35)5-6-17(16)28/h2-9,23H,10H2,1H3,(H,42,44). The molecule has 3 aromatic carbocycles. The van der Waals surface area contributed by atoms with Crippen LogP contribution in [0.3, 0.4) is 0 Å². The summed E-state index contributed by atoms with van der Waals surface area (Å²) in [4.78, 5) is 25.4. The van der Waals surface area contributed by atoms with Gasteiger partial charge in [-0.3, -0.25) is 9.59 Å². The molecule has 1 N–H and O–H groups in total. The second-order valence-corrected chi connectivity index (χ2v) is 9.22. The Labute approximate surface area is 242 Å². The summed E-state index contributed by atoms with van der Waals surface area (Å²) in [5.41, 5.74) is -14.3. The number of halogens is 14. The van der Waals surface area contributed by atoms with Crippen molar-refractivity contribution in [3.63, 3.8) is 0 Å². The first-order valence-corrected chi connectivity index (χ1v) is 11.9. The monoisotopic (exact) mass is 667 g/mol. The van der Waals surface area contributed by atoms with Crippen molar-refractivity contribution in [3.05, 3.63) is 93.5 Å². The minimum absolute atomic E-state index is 0.0153. The smallest absolute Gasteiger partial charge is 0.435 e. The summed E-state index contributed by atoms with van der Waals surface area (Å²) in [6.07, 6.45) is -19.5. The molecule has 0 heterocycles. The molecule has 0 aliphatic rings. The van der Waals surface area contributed by atoms with Gasteiger partial charge in [0.1, 0.15) is 11.6 Å². The van der Waals surface area contributed by atoms with Crippen LogP contribution in [0.25, 0.3) is 0 Å². The van der Waals surface area contributed by atoms with Crippen LogP contribution in [0, 0.1) is 18.6 Å². The zero-order valence-corrected chi connectivity index (χ0v) is 21.9. The second kappa shape index (κ2) is 12.2. The Morgan fingerprint density at radius 1 is 0.800 bits per heavy atom. The first kappa shape index (κ1) is 35.1. The fraction of sp³-hybridized carbons (Fsp3) is 0.259. The number of rotatable bonds is 8. The lowest BCUT2D eigenvalue weighted by Crippen LogP contribution is -2.50. The molecule has 0 spiro atoms. The third-order valence-corrected chi connectivity index (χ3v) is 6.25. The molecule has 3 aromatic rings. The van der Waals surface area contributed by atoms with Gasteiger partial charge in [-0.25, -0.2) is 13.2 Å². The normalized spacial score (nSPS) is 12.8. The Bertz CT molecular complexity index is 1600. The molecule has 0 unspecified atom stereocenters. The third kappa shape index (κ3) is 7.14. The largest absolute Gasteiger partial charge is 0.435 e. The predicted molar refractivity (Wildman–Crippen MR) is 126 cm³/mol. The van der Waals surface area contributed by atoms with Crippen LogP contribution < -0.4 is 10.1 Å². The third-order valence-electron chi connectivity index (χ3n) is 6.25. The highest BCUT2D eigenvalue weighted by molar-refractivity contribution is 6.06. The maximum Gasteiger partial charge on any atom is 0.435 e. The first-order valence-electron chi connectivity index (χ1n) is 11.9. The molecule has 0 bridgehead atoms. The average molecular weight is 667 g/mol. The van der Waals surface area contributed by atoms with E-state index in [1.807, 2.05) is 0 Å². The highest BCUT2D eigenvalue weighted by Crippen LogP contribution is 2.54. The SMILES string of the molecule is Cc1cc(C(F)(C(F)(F)F)C(F)(F)F)cc(OC(F)F)c1CC(=O)c1cccc(NC(=O)c2cc(C(F)(F)F)ccc2F)c1F. The van der Waals surface area contributed by atoms with Gasteiger partial charge < -0.3 is 10.1 Å². The van der Waals surface area contributed by atoms with E-state index < -0.39 is 105 Å². The molecule has 0 atom stereocenters. The number of ether oxygens (including phenoxy) is 1. The van der Waals surface area contributed by atoms with Gasteiger partial charge >= 0.3 is 30.8 Å². The van der Waals surface area contributed by atoms with E-state index in [1.165, 1.54) is 0 Å². The highest BCUT2D eigenvalue weighted by atomic mass is 19.4. The van der Waals surface area contributed by atoms with Gasteiger partial charge in [0.15, 0.2) is 11.6 Å². The maximum atomic E-state index is 15.2. The summed E-state index contributed by atoms with van der Waals surface area (Å²) in [7, 11) is 0. The van der Waals surface area contributed by atoms with Crippen LogP contribution in [-0.4, -0.2) is 30.7 Å². The Morgan fingerprint density at radius 2 is 1.40 bits per heavy atom. The number of hydrogen-bond acceptors (Lipinski definition) is 3. The van der Waals surface area contributed by atoms with E-state index in [0.29, 0.717) is 12.1 Å². The van der Waals surface area contributed by atoms with Gasteiger partial charge in [0.05, 0.1) is 22.4 Å². The van der Waals surface area contributed by atoms with E-state index in [9.17, 15) is 66.7 Å². The van der Waals surface area contributed by atoms with Gasteiger partial charge in [0.25, 0.3) is 5.91 Å². The lowest BCUT2D eigenvalue weighted by molar-refractivity contribution is -0.348. The Morgan fingerprint density at radius 3 is 1.93 bits per heavy atom. The zero-order valence-electron chi connectivity index (χ0n) is 21.9. The van der Waals surface area contributed by atoms with Crippen LogP contribution in [0.15, 0.2) is 48.5 Å². The van der Waals surface area contributed by atoms with Crippen molar-refractivity contribution < 1.29 is 75.8 Å². The molecule has 0 aliphatic carbocycles. The van der Waals surface area contributed by atoms with E-state index in [2.05, 4.69) is 4.74 Å². The number of carbonyl (C=O) groups is 2. The number of anilines is 1. The van der Waals surface area contributed by atoms with Crippen LogP contribution in [0.4, 0.5) is 67.2 Å². The quantitative estimate of drug-likeness (QED) is 0.193. The molecular weight excluding hydrogens is 652 g/mol. The fourth-order valence-corrected chi connectivity index (χ4v) is 4.06. The van der Waals surface area contributed by atoms with E-state index in [0.717, 1.165) is 25.1 Å². The van der Waals surface area contributed by atoms with Gasteiger partial charge in [-0.1, -0.05) is 12.1 Å². The number of carbonyl (C=O) groups excluding carboxylic acids is 2. The van der Waals surface area contributed by atoms with Crippen LogP contribution >= 0.6 is 0 Å². The fourth-order valence-electron chi connectivity index (χ4n) is 4.06. The molecule has 45 heavy (non-hydrogen) atoms. The van der Waals surface area contributed by atoms with Gasteiger partial charge in [-0.05, 0) is 48.9 Å². The van der Waals surface area contributed by atoms with Crippen molar-refractivity contribution in [1.82, 2.24) is 0 Å². The van der Waals surface area contributed by atoms with E-state index in [-0.39, 0.29) is 18.2 Å². The molecule has 0 fully saturated rings. The van der Waals surface area contributed by atoms with Crippen LogP contribution in [-0.2, 0) is 18.3 Å². The minimum Gasteiger partial charge on any atom is -0.435 e. The summed E-state index contributed by atoms with van der Waals surface area (Å²) in [6.45, 7) is -3.17. The topological polar surface area (TPSA) is 55.4 Å². The maximum absolute atomic E-state index is 15.2. The Balaban J connectivity index is 2.01. The summed E-state index contributed by atoms with van der Waals surface area (Å²) in [5.74, 6) is -7.49. The van der Waals surface area contributed by atoms with Crippen molar-refractivity contribution in [1.29, 1.82) is 0 Å². The molecule has 4 nitrogen and oxygen atoms in total. The zero-order chi connectivity index (χ0) is 34.3. The highest BCUT2D eigenvalue weighted by Gasteiger charge is 2.73. The molecular formula is C27H15F14NO3. The molecule has 0 radical (unpaired) electrons. The van der Waals surface area contributed by atoms with Gasteiger partial charge in [-0.15, -0.1) is 0 Å². The number of benzene rings is 3. The Kier molecular flexibility index (Phi) is 9.51. The number of ketones is 1. The van der Waals surface area contributed by atoms with Gasteiger partial charge in [-0.2, -0.15) is 48.3 Å². The number of aryl methyl sites for hydroxylation is 1. The van der Waals surface area contributed by atoms with Gasteiger partial charge in [0, 0.05) is 17.5 Å². The van der Waals surface area contributed by atoms with Crippen LogP contribution in [0.1, 0.15) is 43.0 Å². The van der Waals surface area contributed by atoms with Crippen molar-refractivity contribution in [2.24, 2.45) is 0 Å². The second-order valence-electron chi connectivity index (χ2n) is 9.22. The molecule has 3 rings (SSSR count). The number of nitrogens with one attached hydrogen (secondary N) is 1. The van der Waals surface area contributed by atoms with E-state index >= 15 is 4.39 Å². The van der Waals surface area contributed by atoms with Gasteiger partial charge in [0.2, 0.25) is 0 Å². The van der Waals surface area contributed by atoms with Crippen molar-refractivity contribution in [2.75, 3.05) is 5.32 Å². The molecule has 0 saturated carbocycles. The number of alkyl halides is 12. The lowest BCUT2D eigenvalue weighted by Gasteiger charge is -2.31. The number of Topliss-reactive ketones (excluding diaryl/α,β-unsaturated/α-hetero) is 1. The molecule has 244 valence electrons. The molecule has 18 heteroatoms. The molecule has 1 amide bonds. The predicted octanol–water partition coefficient (Wildman–Crippen LogP) is 8.86. The summed E-state index contributed by atoms with van der Waals surface area (Å²) in [6, 6.07) is 2.86. The molecule has 0 saturated heterocycles. The molecule has 0 aliphatic heterocycles. The van der Waals surface area contributed by atoms with Crippen molar-refractivity contribution >= 4 is 17.4 Å². The number of amides is 1. The van der Waals surface area contributed by atoms with Crippen molar-refractivity contribution in [3.8, 4) is 5.75 Å². The summed E-state index contributed by atoms with van der Waals surface area (Å²) in [5, 5.41) is 1.75. The number of hydrogen-bond donors (Lipinski definition) is 1. The minimum atomic E-state index is -6.62. The first-order chi connectivity index (χ1) is 20.5. The van der Waals surface area contributed by atoms with Crippen LogP contribution in [0.5, 0.6) is 5.75 Å². The molecule has 0 aromatic heterocycles. The van der Waals surface area contributed by atoms with Crippen molar-refractivity contribution in [2.45, 2.75) is 44.2 Å². The average Bonchev–Trinajstić information content (AvgIpc) is 2.88. The Hall–Kier alpha value is -4.38. The van der Waals surface area contributed by atoms with Crippen LogP contribution in [0.2, 0.25) is 0 Å². The van der Waals surface area contributed by atoms with E-state index in [4.69, 9.17) is 0 Å². The summed E-state index contributed by atoms with van der Waals surface area (Å²) >= 11 is 0. The van der Waals surface area contributed by atoms with E-state index in [1.54, 1.807) is 5.32 Å². The summed E-state index contributed by atoms with van der Waals surface area (Å²) < 4.78 is 192. The lowest BCUT2D eigenvalue weighted by atomic mass is 9.89.